The Morgan fingerprint density at radius 3 is 2.57 bits per heavy atom. The summed E-state index contributed by atoms with van der Waals surface area (Å²) in [5.74, 6) is -0.626. The highest BCUT2D eigenvalue weighted by molar-refractivity contribution is 5.32. The lowest BCUT2D eigenvalue weighted by molar-refractivity contribution is -0.138. The van der Waals surface area contributed by atoms with Crippen LogP contribution in [0, 0.1) is 0 Å². The molecule has 21 heavy (non-hydrogen) atoms. The number of rotatable bonds is 4. The highest BCUT2D eigenvalue weighted by atomic mass is 19.4. The Hall–Kier alpha value is -1.11. The molecule has 2 unspecified atom stereocenters. The van der Waals surface area contributed by atoms with Crippen LogP contribution in [0.15, 0.2) is 24.3 Å². The summed E-state index contributed by atoms with van der Waals surface area (Å²) in [6.07, 6.45) is -4.50. The Morgan fingerprint density at radius 1 is 1.33 bits per heavy atom. The quantitative estimate of drug-likeness (QED) is 0.923. The summed E-state index contributed by atoms with van der Waals surface area (Å²) in [5, 5.41) is 3.09. The van der Waals surface area contributed by atoms with Crippen LogP contribution in [0.5, 0.6) is 0 Å². The van der Waals surface area contributed by atoms with Crippen LogP contribution in [-0.4, -0.2) is 25.0 Å². The third-order valence-electron chi connectivity index (χ3n) is 3.45. The van der Waals surface area contributed by atoms with Crippen LogP contribution in [0.1, 0.15) is 37.9 Å². The molecule has 0 aliphatic carbocycles. The summed E-state index contributed by atoms with van der Waals surface area (Å²) in [7, 11) is 0. The number of nitrogens with one attached hydrogen (secondary N) is 1. The van der Waals surface area contributed by atoms with E-state index in [4.69, 9.17) is 9.47 Å². The molecule has 0 amide bonds. The van der Waals surface area contributed by atoms with E-state index < -0.39 is 23.6 Å². The largest absolute Gasteiger partial charge is 0.416 e. The van der Waals surface area contributed by atoms with Crippen molar-refractivity contribution in [1.29, 1.82) is 0 Å². The van der Waals surface area contributed by atoms with E-state index in [-0.39, 0.29) is 11.7 Å². The smallest absolute Gasteiger partial charge is 0.348 e. The second kappa shape index (κ2) is 5.94. The van der Waals surface area contributed by atoms with Gasteiger partial charge in [0.1, 0.15) is 0 Å². The number of hydrogen-bond donors (Lipinski definition) is 1. The Labute approximate surface area is 122 Å². The molecule has 1 N–H and O–H groups in total. The van der Waals surface area contributed by atoms with Gasteiger partial charge in [0.15, 0.2) is 5.79 Å². The number of ether oxygens (including phenoxy) is 2. The number of benzene rings is 1. The predicted molar refractivity (Wildman–Crippen MR) is 72.8 cm³/mol. The maximum absolute atomic E-state index is 13.0. The van der Waals surface area contributed by atoms with Gasteiger partial charge in [-0.25, -0.2) is 0 Å². The Kier molecular flexibility index (Phi) is 4.60. The van der Waals surface area contributed by atoms with Gasteiger partial charge >= 0.3 is 6.18 Å². The lowest BCUT2D eigenvalue weighted by Gasteiger charge is -2.21. The van der Waals surface area contributed by atoms with E-state index in [1.165, 1.54) is 12.1 Å². The van der Waals surface area contributed by atoms with E-state index in [9.17, 15) is 13.2 Å². The van der Waals surface area contributed by atoms with E-state index >= 15 is 0 Å². The highest BCUT2D eigenvalue weighted by Crippen LogP contribution is 2.34. The van der Waals surface area contributed by atoms with E-state index in [0.717, 1.165) is 6.07 Å². The monoisotopic (exact) mass is 303 g/mol. The van der Waals surface area contributed by atoms with Gasteiger partial charge in [0.25, 0.3) is 0 Å². The van der Waals surface area contributed by atoms with Crippen molar-refractivity contribution in [2.45, 2.75) is 44.9 Å². The SMILES string of the molecule is CC(NCC1COC(C)(C)O1)c1ccccc1C(F)(F)F. The fraction of sp³-hybridized carbons (Fsp3) is 0.600. The fourth-order valence-electron chi connectivity index (χ4n) is 2.41. The van der Waals surface area contributed by atoms with E-state index in [1.54, 1.807) is 13.0 Å². The van der Waals surface area contributed by atoms with Crippen LogP contribution < -0.4 is 5.32 Å². The minimum atomic E-state index is -4.35. The molecule has 2 rings (SSSR count). The van der Waals surface area contributed by atoms with Crippen LogP contribution in [0.3, 0.4) is 0 Å². The summed E-state index contributed by atoms with van der Waals surface area (Å²) in [4.78, 5) is 0. The molecule has 0 aromatic heterocycles. The van der Waals surface area contributed by atoms with Crippen molar-refractivity contribution in [2.24, 2.45) is 0 Å². The molecular formula is C15H20F3NO2. The first kappa shape index (κ1) is 16.3. The molecule has 0 spiro atoms. The summed E-state index contributed by atoms with van der Waals surface area (Å²) in [5.41, 5.74) is -0.364. The van der Waals surface area contributed by atoms with E-state index in [0.29, 0.717) is 13.2 Å². The van der Waals surface area contributed by atoms with Crippen molar-refractivity contribution in [3.8, 4) is 0 Å². The molecule has 3 nitrogen and oxygen atoms in total. The topological polar surface area (TPSA) is 30.5 Å². The molecule has 0 radical (unpaired) electrons. The lowest BCUT2D eigenvalue weighted by atomic mass is 10.0. The normalized spacial score (nSPS) is 23.2. The van der Waals surface area contributed by atoms with Crippen molar-refractivity contribution in [3.05, 3.63) is 35.4 Å². The second-order valence-corrected chi connectivity index (χ2v) is 5.67. The molecule has 1 saturated heterocycles. The molecule has 118 valence electrons. The molecule has 0 saturated carbocycles. The minimum absolute atomic E-state index is 0.152. The summed E-state index contributed by atoms with van der Waals surface area (Å²) >= 11 is 0. The van der Waals surface area contributed by atoms with Gasteiger partial charge in [-0.05, 0) is 32.4 Å². The van der Waals surface area contributed by atoms with Gasteiger partial charge in [0.05, 0.1) is 18.3 Å². The van der Waals surface area contributed by atoms with Gasteiger partial charge in [-0.15, -0.1) is 0 Å². The fourth-order valence-corrected chi connectivity index (χ4v) is 2.41. The molecule has 0 bridgehead atoms. The number of hydrogen-bond acceptors (Lipinski definition) is 3. The van der Waals surface area contributed by atoms with E-state index in [1.807, 2.05) is 13.8 Å². The van der Waals surface area contributed by atoms with Gasteiger partial charge < -0.3 is 14.8 Å². The van der Waals surface area contributed by atoms with Crippen LogP contribution in [0.4, 0.5) is 13.2 Å². The maximum Gasteiger partial charge on any atom is 0.416 e. The third-order valence-corrected chi connectivity index (χ3v) is 3.45. The van der Waals surface area contributed by atoms with Crippen LogP contribution >= 0.6 is 0 Å². The lowest BCUT2D eigenvalue weighted by Crippen LogP contribution is -2.32. The first-order valence-electron chi connectivity index (χ1n) is 6.90. The molecular weight excluding hydrogens is 283 g/mol. The second-order valence-electron chi connectivity index (χ2n) is 5.67. The first-order chi connectivity index (χ1) is 9.69. The Bertz CT molecular complexity index is 488. The van der Waals surface area contributed by atoms with Crippen molar-refractivity contribution in [3.63, 3.8) is 0 Å². The third kappa shape index (κ3) is 4.18. The zero-order valence-electron chi connectivity index (χ0n) is 12.3. The van der Waals surface area contributed by atoms with Gasteiger partial charge in [-0.1, -0.05) is 18.2 Å². The summed E-state index contributed by atoms with van der Waals surface area (Å²) < 4.78 is 50.0. The molecule has 1 fully saturated rings. The molecule has 1 aliphatic heterocycles. The zero-order chi connectivity index (χ0) is 15.7. The maximum atomic E-state index is 13.0. The summed E-state index contributed by atoms with van der Waals surface area (Å²) in [6, 6.07) is 5.19. The van der Waals surface area contributed by atoms with Gasteiger partial charge in [-0.3, -0.25) is 0 Å². The first-order valence-corrected chi connectivity index (χ1v) is 6.90. The zero-order valence-corrected chi connectivity index (χ0v) is 12.3. The number of alkyl halides is 3. The Morgan fingerprint density at radius 2 is 2.00 bits per heavy atom. The van der Waals surface area contributed by atoms with Crippen molar-refractivity contribution < 1.29 is 22.6 Å². The van der Waals surface area contributed by atoms with Crippen LogP contribution in [0.2, 0.25) is 0 Å². The molecule has 1 aromatic carbocycles. The molecule has 6 heteroatoms. The van der Waals surface area contributed by atoms with Crippen molar-refractivity contribution in [2.75, 3.05) is 13.2 Å². The average molecular weight is 303 g/mol. The standard InChI is InChI=1S/C15H20F3NO2/c1-10(19-8-11-9-20-14(2,3)21-11)12-6-4-5-7-13(12)15(16,17)18/h4-7,10-11,19H,8-9H2,1-3H3. The van der Waals surface area contributed by atoms with Gasteiger partial charge in [0, 0.05) is 12.6 Å². The van der Waals surface area contributed by atoms with E-state index in [2.05, 4.69) is 5.32 Å². The predicted octanol–water partition coefficient (Wildman–Crippen LogP) is 3.51. The van der Waals surface area contributed by atoms with Crippen LogP contribution in [-0.2, 0) is 15.7 Å². The molecule has 1 heterocycles. The molecule has 2 atom stereocenters. The highest BCUT2D eigenvalue weighted by Gasteiger charge is 2.35. The molecule has 1 aromatic rings. The summed E-state index contributed by atoms with van der Waals surface area (Å²) in [6.45, 7) is 6.22. The Balaban J connectivity index is 2.00. The van der Waals surface area contributed by atoms with Gasteiger partial charge in [-0.2, -0.15) is 13.2 Å². The number of halogens is 3. The average Bonchev–Trinajstić information content (AvgIpc) is 2.74. The van der Waals surface area contributed by atoms with Gasteiger partial charge in [0.2, 0.25) is 0 Å². The van der Waals surface area contributed by atoms with Crippen molar-refractivity contribution >= 4 is 0 Å². The molecule has 1 aliphatic rings. The van der Waals surface area contributed by atoms with Crippen molar-refractivity contribution in [1.82, 2.24) is 5.32 Å². The van der Waals surface area contributed by atoms with Crippen LogP contribution in [0.25, 0.3) is 0 Å². The minimum Gasteiger partial charge on any atom is -0.348 e.